The standard InChI is InChI=1S/C19H23FN4O/c1-14(25)22-12-17-11-21-13-18(23-17)19-3-2-9-24(19)10-8-15-4-6-16(20)7-5-15/h4-7,11,13,19H,2-3,8-10,12H2,1H3,(H,22,25). The van der Waals surface area contributed by atoms with Gasteiger partial charge in [-0.1, -0.05) is 12.1 Å². The molecule has 0 saturated carbocycles. The number of likely N-dealkylation sites (tertiary alicyclic amines) is 1. The van der Waals surface area contributed by atoms with Crippen molar-refractivity contribution in [3.05, 3.63) is 59.4 Å². The Morgan fingerprint density at radius 1 is 1.32 bits per heavy atom. The summed E-state index contributed by atoms with van der Waals surface area (Å²) in [4.78, 5) is 22.4. The van der Waals surface area contributed by atoms with E-state index in [1.54, 1.807) is 6.20 Å². The Morgan fingerprint density at radius 2 is 2.12 bits per heavy atom. The molecular weight excluding hydrogens is 319 g/mol. The van der Waals surface area contributed by atoms with Gasteiger partial charge in [0.25, 0.3) is 0 Å². The third-order valence-corrected chi connectivity index (χ3v) is 4.53. The van der Waals surface area contributed by atoms with E-state index >= 15 is 0 Å². The first-order valence-corrected chi connectivity index (χ1v) is 8.65. The van der Waals surface area contributed by atoms with Crippen LogP contribution in [-0.2, 0) is 17.8 Å². The quantitative estimate of drug-likeness (QED) is 0.877. The molecule has 1 amide bonds. The number of benzene rings is 1. The molecule has 1 aliphatic rings. The SMILES string of the molecule is CC(=O)NCc1cncc(C2CCCN2CCc2ccc(F)cc2)n1. The molecule has 6 heteroatoms. The summed E-state index contributed by atoms with van der Waals surface area (Å²) in [6, 6.07) is 6.95. The molecule has 1 aromatic heterocycles. The van der Waals surface area contributed by atoms with Crippen LogP contribution in [0.1, 0.15) is 42.8 Å². The number of nitrogens with zero attached hydrogens (tertiary/aromatic N) is 3. The van der Waals surface area contributed by atoms with Crippen LogP contribution in [0.3, 0.4) is 0 Å². The van der Waals surface area contributed by atoms with Crippen molar-refractivity contribution < 1.29 is 9.18 Å². The Kier molecular flexibility index (Phi) is 5.71. The zero-order chi connectivity index (χ0) is 17.6. The van der Waals surface area contributed by atoms with E-state index in [0.29, 0.717) is 6.54 Å². The second-order valence-corrected chi connectivity index (χ2v) is 6.42. The third-order valence-electron chi connectivity index (χ3n) is 4.53. The van der Waals surface area contributed by atoms with Crippen LogP contribution in [0.2, 0.25) is 0 Å². The van der Waals surface area contributed by atoms with E-state index in [-0.39, 0.29) is 17.8 Å². The van der Waals surface area contributed by atoms with E-state index in [4.69, 9.17) is 0 Å². The number of amides is 1. The topological polar surface area (TPSA) is 58.1 Å². The van der Waals surface area contributed by atoms with E-state index in [2.05, 4.69) is 20.2 Å². The largest absolute Gasteiger partial charge is 0.351 e. The molecule has 1 unspecified atom stereocenters. The lowest BCUT2D eigenvalue weighted by atomic mass is 10.1. The number of nitrogens with one attached hydrogen (secondary N) is 1. The van der Waals surface area contributed by atoms with Crippen molar-refractivity contribution in [1.82, 2.24) is 20.2 Å². The Bertz CT molecular complexity index is 720. The van der Waals surface area contributed by atoms with Gasteiger partial charge in [0.2, 0.25) is 5.91 Å². The van der Waals surface area contributed by atoms with Crippen molar-refractivity contribution >= 4 is 5.91 Å². The molecule has 3 rings (SSSR count). The molecule has 0 aliphatic carbocycles. The maximum absolute atomic E-state index is 13.0. The molecule has 1 aromatic carbocycles. The normalized spacial score (nSPS) is 17.6. The molecule has 1 atom stereocenters. The highest BCUT2D eigenvalue weighted by Crippen LogP contribution is 2.30. The second-order valence-electron chi connectivity index (χ2n) is 6.42. The van der Waals surface area contributed by atoms with Crippen LogP contribution >= 0.6 is 0 Å². The minimum Gasteiger partial charge on any atom is -0.351 e. The number of halogens is 1. The second kappa shape index (κ2) is 8.16. The van der Waals surface area contributed by atoms with Gasteiger partial charge in [0.1, 0.15) is 5.82 Å². The van der Waals surface area contributed by atoms with Gasteiger partial charge < -0.3 is 5.32 Å². The molecule has 5 nitrogen and oxygen atoms in total. The van der Waals surface area contributed by atoms with Crippen LogP contribution in [0.25, 0.3) is 0 Å². The van der Waals surface area contributed by atoms with Gasteiger partial charge in [-0.2, -0.15) is 0 Å². The highest BCUT2D eigenvalue weighted by Gasteiger charge is 2.27. The Morgan fingerprint density at radius 3 is 2.88 bits per heavy atom. The summed E-state index contributed by atoms with van der Waals surface area (Å²) in [6.07, 6.45) is 6.58. The smallest absolute Gasteiger partial charge is 0.217 e. The Hall–Kier alpha value is -2.34. The molecular formula is C19H23FN4O. The molecule has 25 heavy (non-hydrogen) atoms. The lowest BCUT2D eigenvalue weighted by Gasteiger charge is -2.24. The van der Waals surface area contributed by atoms with E-state index in [9.17, 15) is 9.18 Å². The molecule has 0 radical (unpaired) electrons. The van der Waals surface area contributed by atoms with Crippen molar-refractivity contribution in [2.45, 2.75) is 38.8 Å². The summed E-state index contributed by atoms with van der Waals surface area (Å²) >= 11 is 0. The first kappa shape index (κ1) is 17.5. The summed E-state index contributed by atoms with van der Waals surface area (Å²) in [5.41, 5.74) is 2.87. The fourth-order valence-electron chi connectivity index (χ4n) is 3.24. The Balaban J connectivity index is 1.63. The monoisotopic (exact) mass is 342 g/mol. The van der Waals surface area contributed by atoms with Crippen molar-refractivity contribution in [3.8, 4) is 0 Å². The van der Waals surface area contributed by atoms with E-state index < -0.39 is 0 Å². The van der Waals surface area contributed by atoms with E-state index in [0.717, 1.165) is 49.3 Å². The lowest BCUT2D eigenvalue weighted by Crippen LogP contribution is -2.27. The van der Waals surface area contributed by atoms with Gasteiger partial charge in [-0.15, -0.1) is 0 Å². The number of hydrogen-bond donors (Lipinski definition) is 1. The van der Waals surface area contributed by atoms with Gasteiger partial charge in [0, 0.05) is 13.5 Å². The number of rotatable bonds is 6. The number of hydrogen-bond acceptors (Lipinski definition) is 4. The van der Waals surface area contributed by atoms with E-state index in [1.807, 2.05) is 18.3 Å². The van der Waals surface area contributed by atoms with E-state index in [1.165, 1.54) is 19.1 Å². The van der Waals surface area contributed by atoms with Gasteiger partial charge >= 0.3 is 0 Å². The van der Waals surface area contributed by atoms with Crippen LogP contribution in [0.15, 0.2) is 36.7 Å². The predicted molar refractivity (Wildman–Crippen MR) is 93.2 cm³/mol. The molecule has 1 N–H and O–H groups in total. The number of carbonyl (C=O) groups excluding carboxylic acids is 1. The molecule has 1 aliphatic heterocycles. The zero-order valence-electron chi connectivity index (χ0n) is 14.4. The summed E-state index contributed by atoms with van der Waals surface area (Å²) in [6.45, 7) is 3.83. The fourth-order valence-corrected chi connectivity index (χ4v) is 3.24. The van der Waals surface area contributed by atoms with Gasteiger partial charge in [-0.3, -0.25) is 19.7 Å². The van der Waals surface area contributed by atoms with Crippen molar-refractivity contribution in [2.75, 3.05) is 13.1 Å². The van der Waals surface area contributed by atoms with Gasteiger partial charge in [-0.25, -0.2) is 4.39 Å². The van der Waals surface area contributed by atoms with Crippen molar-refractivity contribution in [1.29, 1.82) is 0 Å². The molecule has 1 saturated heterocycles. The number of aromatic nitrogens is 2. The molecule has 132 valence electrons. The molecule has 0 bridgehead atoms. The molecule has 2 aromatic rings. The van der Waals surface area contributed by atoms with Crippen LogP contribution in [0, 0.1) is 5.82 Å². The fraction of sp³-hybridized carbons (Fsp3) is 0.421. The first-order chi connectivity index (χ1) is 12.1. The average molecular weight is 342 g/mol. The first-order valence-electron chi connectivity index (χ1n) is 8.65. The van der Waals surface area contributed by atoms with Crippen molar-refractivity contribution in [3.63, 3.8) is 0 Å². The minimum atomic E-state index is -0.200. The third kappa shape index (κ3) is 4.82. The summed E-state index contributed by atoms with van der Waals surface area (Å²) in [5.74, 6) is -0.275. The molecule has 1 fully saturated rings. The zero-order valence-corrected chi connectivity index (χ0v) is 14.4. The van der Waals surface area contributed by atoms with Gasteiger partial charge in [0.15, 0.2) is 0 Å². The van der Waals surface area contributed by atoms with Gasteiger partial charge in [0.05, 0.1) is 36.4 Å². The number of carbonyl (C=O) groups is 1. The average Bonchev–Trinajstić information content (AvgIpc) is 3.08. The van der Waals surface area contributed by atoms with Gasteiger partial charge in [-0.05, 0) is 43.5 Å². The highest BCUT2D eigenvalue weighted by atomic mass is 19.1. The summed E-state index contributed by atoms with van der Waals surface area (Å²) < 4.78 is 13.0. The minimum absolute atomic E-state index is 0.0750. The predicted octanol–water partition coefficient (Wildman–Crippen LogP) is 2.63. The summed E-state index contributed by atoms with van der Waals surface area (Å²) in [5, 5.41) is 2.76. The van der Waals surface area contributed by atoms with Crippen molar-refractivity contribution in [2.24, 2.45) is 0 Å². The maximum atomic E-state index is 13.0. The van der Waals surface area contributed by atoms with Crippen LogP contribution in [0.4, 0.5) is 4.39 Å². The van der Waals surface area contributed by atoms with Crippen LogP contribution in [0.5, 0.6) is 0 Å². The summed E-state index contributed by atoms with van der Waals surface area (Å²) in [7, 11) is 0. The molecule has 2 heterocycles. The van der Waals surface area contributed by atoms with Crippen LogP contribution in [-0.4, -0.2) is 33.9 Å². The Labute approximate surface area is 147 Å². The highest BCUT2D eigenvalue weighted by molar-refractivity contribution is 5.72. The lowest BCUT2D eigenvalue weighted by molar-refractivity contribution is -0.119. The maximum Gasteiger partial charge on any atom is 0.217 e. The molecule has 0 spiro atoms. The van der Waals surface area contributed by atoms with Crippen LogP contribution < -0.4 is 5.32 Å².